The van der Waals surface area contributed by atoms with Gasteiger partial charge in [-0.3, -0.25) is 4.79 Å². The average molecular weight is 415 g/mol. The van der Waals surface area contributed by atoms with Crippen molar-refractivity contribution in [3.8, 4) is 0 Å². The Morgan fingerprint density at radius 2 is 1.69 bits per heavy atom. The zero-order chi connectivity index (χ0) is 20.2. The van der Waals surface area contributed by atoms with E-state index in [0.717, 1.165) is 15.4 Å². The quantitative estimate of drug-likeness (QED) is 0.716. The summed E-state index contributed by atoms with van der Waals surface area (Å²) in [6.07, 6.45) is -1.64. The van der Waals surface area contributed by atoms with Gasteiger partial charge in [0.25, 0.3) is 10.0 Å². The normalized spacial score (nSPS) is 31.6. The van der Waals surface area contributed by atoms with Crippen LogP contribution < -0.4 is 0 Å². The molecule has 3 fully saturated rings. The predicted molar refractivity (Wildman–Crippen MR) is 102 cm³/mol. The van der Waals surface area contributed by atoms with E-state index >= 15 is 0 Å². The molecule has 3 aliphatic heterocycles. The van der Waals surface area contributed by atoms with Crippen LogP contribution in [0.2, 0.25) is 0 Å². The van der Waals surface area contributed by atoms with E-state index in [0.29, 0.717) is 6.42 Å². The lowest BCUT2D eigenvalue weighted by Gasteiger charge is -2.53. The van der Waals surface area contributed by atoms with E-state index in [4.69, 9.17) is 14.2 Å². The van der Waals surface area contributed by atoms with Gasteiger partial charge in [0, 0.05) is 5.56 Å². The maximum Gasteiger partial charge on any atom is 0.268 e. The molecule has 29 heavy (non-hydrogen) atoms. The summed E-state index contributed by atoms with van der Waals surface area (Å²) in [7, 11) is -3.95. The van der Waals surface area contributed by atoms with Gasteiger partial charge in [-0.15, -0.1) is 0 Å². The third-order valence-electron chi connectivity index (χ3n) is 5.68. The summed E-state index contributed by atoms with van der Waals surface area (Å²) < 4.78 is 44.5. The average Bonchev–Trinajstić information content (AvgIpc) is 2.73. The van der Waals surface area contributed by atoms with Gasteiger partial charge in [0.15, 0.2) is 12.5 Å². The molecule has 5 rings (SSSR count). The van der Waals surface area contributed by atoms with E-state index in [-0.39, 0.29) is 17.6 Å². The Kier molecular flexibility index (Phi) is 4.47. The third-order valence-corrected chi connectivity index (χ3v) is 7.46. The molecule has 0 radical (unpaired) electrons. The number of nitrogens with zero attached hydrogens (tertiary/aromatic N) is 1. The van der Waals surface area contributed by atoms with Crippen LogP contribution in [-0.4, -0.2) is 43.7 Å². The molecule has 1 amide bonds. The van der Waals surface area contributed by atoms with Crippen molar-refractivity contribution in [2.45, 2.75) is 43.0 Å². The van der Waals surface area contributed by atoms with Gasteiger partial charge in [-0.1, -0.05) is 48.0 Å². The molecule has 0 bridgehead atoms. The van der Waals surface area contributed by atoms with E-state index in [9.17, 15) is 13.2 Å². The van der Waals surface area contributed by atoms with Crippen molar-refractivity contribution >= 4 is 15.9 Å². The molecule has 0 spiro atoms. The molecule has 2 aromatic carbocycles. The largest absolute Gasteiger partial charge is 0.348 e. The highest BCUT2D eigenvalue weighted by Crippen LogP contribution is 2.44. The smallest absolute Gasteiger partial charge is 0.268 e. The number of carbonyl (C=O) groups is 1. The Labute approximate surface area is 169 Å². The fourth-order valence-corrected chi connectivity index (χ4v) is 5.61. The second-order valence-electron chi connectivity index (χ2n) is 7.61. The number of hydrogen-bond acceptors (Lipinski definition) is 6. The molecule has 0 aromatic heterocycles. The first-order valence-electron chi connectivity index (χ1n) is 9.57. The molecule has 3 saturated heterocycles. The Morgan fingerprint density at radius 3 is 2.41 bits per heavy atom. The molecule has 1 unspecified atom stereocenters. The number of β-lactam (4-membered cyclic amide) rings is 1. The molecular weight excluding hydrogens is 394 g/mol. The Bertz CT molecular complexity index is 1020. The minimum absolute atomic E-state index is 0.0842. The van der Waals surface area contributed by atoms with Crippen molar-refractivity contribution in [1.29, 1.82) is 0 Å². The summed E-state index contributed by atoms with van der Waals surface area (Å²) in [5.41, 5.74) is 1.84. The number of aryl methyl sites for hydroxylation is 1. The highest BCUT2D eigenvalue weighted by atomic mass is 32.2. The lowest BCUT2D eigenvalue weighted by Crippen LogP contribution is -2.69. The monoisotopic (exact) mass is 415 g/mol. The topological polar surface area (TPSA) is 82.1 Å². The van der Waals surface area contributed by atoms with Crippen LogP contribution in [0.15, 0.2) is 59.5 Å². The SMILES string of the molecule is Cc1ccc(S(=O)(=O)N2C(=O)[C@H]3C[C@@H]4OC(c5ccccc5)OC[C@H]4O[C@H]32)cc1. The van der Waals surface area contributed by atoms with E-state index in [1.54, 1.807) is 12.1 Å². The Hall–Kier alpha value is -2.26. The Balaban J connectivity index is 1.33. The van der Waals surface area contributed by atoms with Crippen molar-refractivity contribution in [3.63, 3.8) is 0 Å². The number of benzene rings is 2. The summed E-state index contributed by atoms with van der Waals surface area (Å²) in [6.45, 7) is 2.15. The number of hydrogen-bond donors (Lipinski definition) is 0. The zero-order valence-corrected chi connectivity index (χ0v) is 16.6. The molecule has 0 aliphatic carbocycles. The molecule has 152 valence electrons. The van der Waals surface area contributed by atoms with Crippen LogP contribution in [0.4, 0.5) is 0 Å². The number of amides is 1. The lowest BCUT2D eigenvalue weighted by molar-refractivity contribution is -0.314. The number of carbonyl (C=O) groups excluding carboxylic acids is 1. The summed E-state index contributed by atoms with van der Waals surface area (Å²) >= 11 is 0. The van der Waals surface area contributed by atoms with Crippen molar-refractivity contribution in [2.75, 3.05) is 6.61 Å². The van der Waals surface area contributed by atoms with Crippen molar-refractivity contribution < 1.29 is 27.4 Å². The van der Waals surface area contributed by atoms with Crippen LogP contribution in [0.3, 0.4) is 0 Å². The Morgan fingerprint density at radius 1 is 0.966 bits per heavy atom. The number of rotatable bonds is 3. The number of ether oxygens (including phenoxy) is 3. The van der Waals surface area contributed by atoms with Crippen LogP contribution in [0.1, 0.15) is 23.8 Å². The fraction of sp³-hybridized carbons (Fsp3) is 0.381. The summed E-state index contributed by atoms with van der Waals surface area (Å²) in [6, 6.07) is 16.0. The van der Waals surface area contributed by atoms with Gasteiger partial charge in [-0.25, -0.2) is 12.7 Å². The summed E-state index contributed by atoms with van der Waals surface area (Å²) in [5.74, 6) is -0.966. The van der Waals surface area contributed by atoms with Crippen molar-refractivity contribution in [1.82, 2.24) is 4.31 Å². The van der Waals surface area contributed by atoms with Crippen LogP contribution in [0, 0.1) is 12.8 Å². The number of fused-ring (bicyclic) bond motifs is 2. The first-order valence-corrected chi connectivity index (χ1v) is 11.0. The van der Waals surface area contributed by atoms with Gasteiger partial charge in [-0.2, -0.15) is 0 Å². The molecule has 2 aromatic rings. The fourth-order valence-electron chi connectivity index (χ4n) is 4.06. The van der Waals surface area contributed by atoms with Crippen LogP contribution in [0.5, 0.6) is 0 Å². The maximum absolute atomic E-state index is 13.0. The van der Waals surface area contributed by atoms with Crippen LogP contribution in [0.25, 0.3) is 0 Å². The van der Waals surface area contributed by atoms with Gasteiger partial charge in [-0.05, 0) is 25.5 Å². The first-order chi connectivity index (χ1) is 13.9. The highest BCUT2D eigenvalue weighted by Gasteiger charge is 2.60. The number of sulfonamides is 1. The molecule has 5 atom stereocenters. The summed E-state index contributed by atoms with van der Waals surface area (Å²) in [4.78, 5) is 12.8. The van der Waals surface area contributed by atoms with Crippen molar-refractivity contribution in [2.24, 2.45) is 5.92 Å². The van der Waals surface area contributed by atoms with Crippen LogP contribution >= 0.6 is 0 Å². The molecule has 0 N–H and O–H groups in total. The first kappa shape index (κ1) is 18.7. The third kappa shape index (κ3) is 3.07. The van der Waals surface area contributed by atoms with Crippen LogP contribution in [-0.2, 0) is 29.0 Å². The van der Waals surface area contributed by atoms with Gasteiger partial charge in [0.1, 0.15) is 6.10 Å². The van der Waals surface area contributed by atoms with E-state index < -0.39 is 40.5 Å². The minimum Gasteiger partial charge on any atom is -0.348 e. The molecule has 3 heterocycles. The van der Waals surface area contributed by atoms with Crippen molar-refractivity contribution in [3.05, 3.63) is 65.7 Å². The van der Waals surface area contributed by atoms with Gasteiger partial charge in [0.2, 0.25) is 5.91 Å². The van der Waals surface area contributed by atoms with Gasteiger partial charge in [0.05, 0.1) is 23.5 Å². The maximum atomic E-state index is 13.0. The van der Waals surface area contributed by atoms with E-state index in [2.05, 4.69) is 0 Å². The van der Waals surface area contributed by atoms with Gasteiger partial charge < -0.3 is 14.2 Å². The lowest BCUT2D eigenvalue weighted by atomic mass is 9.87. The zero-order valence-electron chi connectivity index (χ0n) is 15.8. The standard InChI is InChI=1S/C21H21NO6S/c1-13-7-9-15(10-8-13)29(24,25)22-19(23)16-11-17-18(27-20(16)22)12-26-21(28-17)14-5-3-2-4-6-14/h2-10,16-18,20-21H,11-12H2,1H3/t16-,17+,18-,20-,21?/m1/s1. The second-order valence-corrected chi connectivity index (χ2v) is 9.42. The minimum atomic E-state index is -3.95. The second kappa shape index (κ2) is 6.91. The molecule has 3 aliphatic rings. The predicted octanol–water partition coefficient (Wildman–Crippen LogP) is 2.37. The highest BCUT2D eigenvalue weighted by molar-refractivity contribution is 7.89. The summed E-state index contributed by atoms with van der Waals surface area (Å²) in [5, 5.41) is 0. The molecule has 7 nitrogen and oxygen atoms in total. The van der Waals surface area contributed by atoms with E-state index in [1.807, 2.05) is 37.3 Å². The van der Waals surface area contributed by atoms with E-state index in [1.165, 1.54) is 12.1 Å². The van der Waals surface area contributed by atoms with Gasteiger partial charge >= 0.3 is 0 Å². The molecule has 8 heteroatoms. The molecule has 0 saturated carbocycles. The molecular formula is C21H21NO6S.